The van der Waals surface area contributed by atoms with E-state index in [0.29, 0.717) is 19.3 Å². The van der Waals surface area contributed by atoms with Crippen molar-refractivity contribution < 1.29 is 26.8 Å². The first-order chi connectivity index (χ1) is 13.3. The third-order valence-corrected chi connectivity index (χ3v) is 5.39. The van der Waals surface area contributed by atoms with Gasteiger partial charge in [0.15, 0.2) is 0 Å². The predicted octanol–water partition coefficient (Wildman–Crippen LogP) is 3.61. The molecule has 0 saturated heterocycles. The molecule has 152 valence electrons. The topological polar surface area (TPSA) is 74.5 Å². The summed E-state index contributed by atoms with van der Waals surface area (Å²) in [5.41, 5.74) is -0.238. The minimum atomic E-state index is -2.94. The van der Waals surface area contributed by atoms with E-state index < -0.39 is 30.3 Å². The Bertz CT molecular complexity index is 862. The number of halogens is 4. The zero-order chi connectivity index (χ0) is 20.5. The highest BCUT2D eigenvalue weighted by atomic mass is 32.2. The standard InChI is InChI=1S/C16H17F4N5O2S/c1-24(8-26)10-5-9(18)12(28-23-16(7-17)3-4-16)6-11(10)25(2)15-22-21-14(27-15)13(19)20/h5-6,8,13,23H,3-4,7H2,1-2H3. The molecule has 1 aromatic carbocycles. The van der Waals surface area contributed by atoms with Crippen LogP contribution in [0.2, 0.25) is 0 Å². The average Bonchev–Trinajstić information content (AvgIpc) is 3.30. The number of carbonyl (C=O) groups is 1. The van der Waals surface area contributed by atoms with E-state index in [9.17, 15) is 22.4 Å². The van der Waals surface area contributed by atoms with Crippen molar-refractivity contribution in [3.8, 4) is 0 Å². The van der Waals surface area contributed by atoms with Gasteiger partial charge in [-0.15, -0.1) is 5.10 Å². The SMILES string of the molecule is CN(C=O)c1cc(F)c(SNC2(CF)CC2)cc1N(C)c1nnc(C(F)F)o1. The fraction of sp³-hybridized carbons (Fsp3) is 0.438. The van der Waals surface area contributed by atoms with Gasteiger partial charge in [0.05, 0.1) is 21.8 Å². The van der Waals surface area contributed by atoms with Crippen LogP contribution in [0.4, 0.5) is 35.0 Å². The van der Waals surface area contributed by atoms with E-state index >= 15 is 0 Å². The Morgan fingerprint density at radius 1 is 1.32 bits per heavy atom. The van der Waals surface area contributed by atoms with Crippen molar-refractivity contribution in [3.63, 3.8) is 0 Å². The number of nitrogens with one attached hydrogen (secondary N) is 1. The van der Waals surface area contributed by atoms with Crippen molar-refractivity contribution in [2.45, 2.75) is 29.7 Å². The number of amides is 1. The largest absolute Gasteiger partial charge is 0.401 e. The lowest BCUT2D eigenvalue weighted by molar-refractivity contribution is -0.107. The number of carbonyl (C=O) groups excluding carboxylic acids is 1. The van der Waals surface area contributed by atoms with Gasteiger partial charge in [0.25, 0.3) is 5.89 Å². The summed E-state index contributed by atoms with van der Waals surface area (Å²) < 4.78 is 60.8. The fourth-order valence-corrected chi connectivity index (χ4v) is 3.26. The van der Waals surface area contributed by atoms with Gasteiger partial charge in [-0.05, 0) is 30.9 Å². The van der Waals surface area contributed by atoms with Crippen LogP contribution in [0.25, 0.3) is 0 Å². The number of hydrogen-bond acceptors (Lipinski definition) is 7. The van der Waals surface area contributed by atoms with Crippen LogP contribution in [-0.4, -0.2) is 42.9 Å². The van der Waals surface area contributed by atoms with E-state index in [-0.39, 0.29) is 22.3 Å². The lowest BCUT2D eigenvalue weighted by atomic mass is 10.2. The van der Waals surface area contributed by atoms with Gasteiger partial charge in [0.1, 0.15) is 12.5 Å². The van der Waals surface area contributed by atoms with Crippen LogP contribution in [0.1, 0.15) is 25.2 Å². The van der Waals surface area contributed by atoms with Crippen LogP contribution in [0.3, 0.4) is 0 Å². The molecule has 1 aromatic heterocycles. The molecule has 1 aliphatic carbocycles. The molecule has 0 atom stereocenters. The van der Waals surface area contributed by atoms with Crippen LogP contribution >= 0.6 is 11.9 Å². The molecular weight excluding hydrogens is 402 g/mol. The van der Waals surface area contributed by atoms with Crippen molar-refractivity contribution in [1.82, 2.24) is 14.9 Å². The number of hydrogen-bond donors (Lipinski definition) is 1. The van der Waals surface area contributed by atoms with Gasteiger partial charge < -0.3 is 9.32 Å². The first-order valence-corrected chi connectivity index (χ1v) is 8.99. The van der Waals surface area contributed by atoms with Crippen molar-refractivity contribution in [1.29, 1.82) is 0 Å². The van der Waals surface area contributed by atoms with Crippen molar-refractivity contribution in [2.24, 2.45) is 0 Å². The lowest BCUT2D eigenvalue weighted by Crippen LogP contribution is -2.27. The summed E-state index contributed by atoms with van der Waals surface area (Å²) in [6.45, 7) is -0.571. The number of benzene rings is 1. The number of alkyl halides is 3. The molecule has 7 nitrogen and oxygen atoms in total. The second kappa shape index (κ2) is 7.95. The molecule has 0 radical (unpaired) electrons. The second-order valence-electron chi connectivity index (χ2n) is 6.39. The fourth-order valence-electron chi connectivity index (χ4n) is 2.35. The number of nitrogens with zero attached hydrogens (tertiary/aromatic N) is 4. The lowest BCUT2D eigenvalue weighted by Gasteiger charge is -2.23. The highest BCUT2D eigenvalue weighted by molar-refractivity contribution is 7.97. The summed E-state index contributed by atoms with van der Waals surface area (Å²) in [6, 6.07) is 2.25. The number of aromatic nitrogens is 2. The third-order valence-electron chi connectivity index (χ3n) is 4.32. The molecule has 28 heavy (non-hydrogen) atoms. The predicted molar refractivity (Wildman–Crippen MR) is 95.1 cm³/mol. The average molecular weight is 419 g/mol. The first kappa shape index (κ1) is 20.4. The van der Waals surface area contributed by atoms with Gasteiger partial charge in [-0.1, -0.05) is 5.10 Å². The monoisotopic (exact) mass is 419 g/mol. The summed E-state index contributed by atoms with van der Waals surface area (Å²) >= 11 is 0.921. The van der Waals surface area contributed by atoms with E-state index in [0.717, 1.165) is 22.9 Å². The molecule has 3 rings (SSSR count). The molecule has 1 saturated carbocycles. The molecule has 1 N–H and O–H groups in total. The van der Waals surface area contributed by atoms with Crippen LogP contribution in [0, 0.1) is 5.82 Å². The van der Waals surface area contributed by atoms with E-state index in [4.69, 9.17) is 4.42 Å². The Labute approximate surface area is 162 Å². The van der Waals surface area contributed by atoms with E-state index in [1.54, 1.807) is 0 Å². The summed E-state index contributed by atoms with van der Waals surface area (Å²) in [5, 5.41) is 6.82. The second-order valence-corrected chi connectivity index (χ2v) is 7.24. The van der Waals surface area contributed by atoms with Gasteiger partial charge in [-0.2, -0.15) is 8.78 Å². The molecule has 0 aliphatic heterocycles. The molecule has 1 fully saturated rings. The van der Waals surface area contributed by atoms with E-state index in [1.807, 2.05) is 0 Å². The van der Waals surface area contributed by atoms with E-state index in [2.05, 4.69) is 14.9 Å². The molecule has 1 aliphatic rings. The smallest absolute Gasteiger partial charge is 0.322 e. The summed E-state index contributed by atoms with van der Waals surface area (Å²) in [4.78, 5) is 13.7. The maximum absolute atomic E-state index is 14.5. The van der Waals surface area contributed by atoms with Crippen molar-refractivity contribution >= 4 is 35.7 Å². The van der Waals surface area contributed by atoms with Crippen LogP contribution < -0.4 is 14.5 Å². The quantitative estimate of drug-likeness (QED) is 0.378. The van der Waals surface area contributed by atoms with Crippen LogP contribution in [-0.2, 0) is 4.79 Å². The highest BCUT2D eigenvalue weighted by Crippen LogP contribution is 2.41. The zero-order valence-corrected chi connectivity index (χ0v) is 15.8. The van der Waals surface area contributed by atoms with Crippen molar-refractivity contribution in [2.75, 3.05) is 30.6 Å². The van der Waals surface area contributed by atoms with Gasteiger partial charge in [-0.25, -0.2) is 8.78 Å². The Morgan fingerprint density at radius 2 is 2.04 bits per heavy atom. The number of rotatable bonds is 9. The molecular formula is C16H17F4N5O2S. The van der Waals surface area contributed by atoms with Crippen LogP contribution in [0.5, 0.6) is 0 Å². The van der Waals surface area contributed by atoms with Gasteiger partial charge in [0, 0.05) is 20.2 Å². The molecule has 12 heteroatoms. The third kappa shape index (κ3) is 4.07. The molecule has 0 unspecified atom stereocenters. The summed E-state index contributed by atoms with van der Waals surface area (Å²) in [5.74, 6) is -1.49. The van der Waals surface area contributed by atoms with Gasteiger partial charge in [-0.3, -0.25) is 14.4 Å². The zero-order valence-electron chi connectivity index (χ0n) is 15.0. The van der Waals surface area contributed by atoms with Crippen LogP contribution in [0.15, 0.2) is 21.4 Å². The Balaban J connectivity index is 1.95. The maximum Gasteiger partial charge on any atom is 0.322 e. The maximum atomic E-state index is 14.5. The molecule has 0 bridgehead atoms. The summed E-state index contributed by atoms with van der Waals surface area (Å²) in [7, 11) is 2.86. The molecule has 1 amide bonds. The normalized spacial score (nSPS) is 15.0. The minimum absolute atomic E-state index is 0.137. The van der Waals surface area contributed by atoms with Crippen molar-refractivity contribution in [3.05, 3.63) is 23.8 Å². The highest BCUT2D eigenvalue weighted by Gasteiger charge is 2.43. The Kier molecular flexibility index (Phi) is 5.79. The molecule has 1 heterocycles. The molecule has 0 spiro atoms. The summed E-state index contributed by atoms with van der Waals surface area (Å²) in [6.07, 6.45) is -1.17. The molecule has 2 aromatic rings. The number of anilines is 3. The first-order valence-electron chi connectivity index (χ1n) is 8.17. The minimum Gasteiger partial charge on any atom is -0.401 e. The van der Waals surface area contributed by atoms with E-state index in [1.165, 1.54) is 25.1 Å². The Morgan fingerprint density at radius 3 is 2.57 bits per heavy atom. The van der Waals surface area contributed by atoms with Gasteiger partial charge in [0.2, 0.25) is 6.41 Å². The Hall–Kier alpha value is -2.34. The van der Waals surface area contributed by atoms with Gasteiger partial charge >= 0.3 is 12.4 Å².